The molecule has 0 aliphatic carbocycles. The minimum atomic E-state index is -3.26. The average Bonchev–Trinajstić information content (AvgIpc) is 2.94. The lowest BCUT2D eigenvalue weighted by Gasteiger charge is -2.50. The maximum absolute atomic E-state index is 15.3. The number of benzene rings is 2. The minimum absolute atomic E-state index is 0.0714. The third-order valence-corrected chi connectivity index (χ3v) is 7.89. The molecule has 1 atom stereocenters. The van der Waals surface area contributed by atoms with Gasteiger partial charge in [0.25, 0.3) is 17.7 Å². The van der Waals surface area contributed by atoms with Crippen LogP contribution in [0.4, 0.5) is 10.1 Å². The van der Waals surface area contributed by atoms with Gasteiger partial charge in [0.2, 0.25) is 5.91 Å². The summed E-state index contributed by atoms with van der Waals surface area (Å²) in [6.07, 6.45) is 1.68. The zero-order chi connectivity index (χ0) is 34.9. The molecule has 1 amide bonds. The number of nitrogens with zero attached hydrogens (tertiary/aromatic N) is 2. The number of hydrogen-bond donors (Lipinski definition) is 8. The molecule has 0 aromatic heterocycles. The Morgan fingerprint density at radius 2 is 1.72 bits per heavy atom. The second kappa shape index (κ2) is 13.4. The van der Waals surface area contributed by atoms with Gasteiger partial charge in [-0.05, 0) is 71.0 Å². The summed E-state index contributed by atoms with van der Waals surface area (Å²) in [5.74, 6) is -10.7. The molecule has 1 heterocycles. The Balaban J connectivity index is 2.08. The van der Waals surface area contributed by atoms with Gasteiger partial charge in [0.05, 0.1) is 28.4 Å². The van der Waals surface area contributed by atoms with Crippen LogP contribution in [0.3, 0.4) is 0 Å². The lowest BCUT2D eigenvalue weighted by molar-refractivity contribution is -0.321. The number of carbonyl (C=O) groups is 2. The Labute approximate surface area is 267 Å². The molecule has 3 rings (SSSR count). The highest BCUT2D eigenvalue weighted by Gasteiger charge is 2.47. The molecule has 0 radical (unpaired) electrons. The molecule has 0 saturated carbocycles. The van der Waals surface area contributed by atoms with Crippen LogP contribution in [0.5, 0.6) is 0 Å². The number of hydrogen-bond acceptors (Lipinski definition) is 12. The lowest BCUT2D eigenvalue weighted by atomic mass is 9.95. The summed E-state index contributed by atoms with van der Waals surface area (Å²) in [6, 6.07) is 5.71. The minimum Gasteiger partial charge on any atom is -0.367 e. The number of nitrogens with one attached hydrogen (secondary N) is 2. The zero-order valence-corrected chi connectivity index (χ0v) is 26.9. The normalized spacial score (nSPS) is 17.8. The number of anilines is 1. The number of likely N-dealkylation sites (N-methyl/N-ethyl adjacent to an activating group) is 2. The van der Waals surface area contributed by atoms with E-state index >= 15 is 4.39 Å². The van der Waals surface area contributed by atoms with E-state index in [1.165, 1.54) is 43.3 Å². The monoisotopic (exact) mass is 648 g/mol. The van der Waals surface area contributed by atoms with Crippen LogP contribution in [0, 0.1) is 5.82 Å². The van der Waals surface area contributed by atoms with Crippen LogP contribution in [-0.2, 0) is 32.1 Å². The molecule has 1 fully saturated rings. The van der Waals surface area contributed by atoms with Crippen molar-refractivity contribution in [1.29, 1.82) is 0 Å². The predicted molar refractivity (Wildman–Crippen MR) is 167 cm³/mol. The molecule has 46 heavy (non-hydrogen) atoms. The summed E-state index contributed by atoms with van der Waals surface area (Å²) in [4.78, 5) is 25.9. The summed E-state index contributed by atoms with van der Waals surface area (Å²) < 4.78 is 21.3. The molecule has 1 aliphatic heterocycles. The van der Waals surface area contributed by atoms with Gasteiger partial charge in [-0.25, -0.2) is 14.2 Å². The third-order valence-electron chi connectivity index (χ3n) is 7.89. The van der Waals surface area contributed by atoms with Crippen molar-refractivity contribution in [1.82, 2.24) is 15.1 Å². The standard InChI is InChI=1S/C32H45FN4O9/c1-8-20-11-9-12-24(26(20)32(44,45)36(7)25(13-10-16-38)27(39)34-6)35-30(40,41)22-17-21(14-15-23(22)33)31(42,43)37-18-28(2,3)46-29(4,5)19-37/h8-9,11-12,14-17,25,35,40-45H,1,10,13,18-19H2,2-7H3,(H,34,39). The van der Waals surface area contributed by atoms with Crippen molar-refractivity contribution in [2.24, 2.45) is 0 Å². The molecule has 1 saturated heterocycles. The Hall–Kier alpha value is -3.31. The summed E-state index contributed by atoms with van der Waals surface area (Å²) >= 11 is 0. The summed E-state index contributed by atoms with van der Waals surface area (Å²) in [6.45, 7) is 10.9. The van der Waals surface area contributed by atoms with Gasteiger partial charge in [-0.3, -0.25) is 4.79 Å². The summed E-state index contributed by atoms with van der Waals surface area (Å²) in [5.41, 5.74) is -3.27. The fraction of sp³-hybridized carbons (Fsp3) is 0.500. The molecule has 8 N–H and O–H groups in total. The van der Waals surface area contributed by atoms with Crippen molar-refractivity contribution < 1.29 is 49.4 Å². The van der Waals surface area contributed by atoms with Gasteiger partial charge in [0, 0.05) is 37.8 Å². The first kappa shape index (κ1) is 37.2. The van der Waals surface area contributed by atoms with Gasteiger partial charge in [-0.1, -0.05) is 24.8 Å². The summed E-state index contributed by atoms with van der Waals surface area (Å²) in [5, 5.41) is 72.7. The molecule has 13 nitrogen and oxygen atoms in total. The van der Waals surface area contributed by atoms with Gasteiger partial charge < -0.3 is 50.8 Å². The average molecular weight is 649 g/mol. The number of amides is 1. The van der Waals surface area contributed by atoms with E-state index in [1.807, 2.05) is 0 Å². The van der Waals surface area contributed by atoms with E-state index in [0.29, 0.717) is 6.29 Å². The molecular weight excluding hydrogens is 603 g/mol. The number of halogens is 1. The fourth-order valence-electron chi connectivity index (χ4n) is 5.95. The number of aliphatic hydroxyl groups is 6. The van der Waals surface area contributed by atoms with Crippen molar-refractivity contribution in [3.63, 3.8) is 0 Å². The number of morpholine rings is 1. The van der Waals surface area contributed by atoms with Crippen molar-refractivity contribution in [2.45, 2.75) is 75.5 Å². The zero-order valence-electron chi connectivity index (χ0n) is 26.9. The van der Waals surface area contributed by atoms with E-state index < -0.39 is 52.3 Å². The van der Waals surface area contributed by atoms with Gasteiger partial charge in [0.1, 0.15) is 12.1 Å². The van der Waals surface area contributed by atoms with Crippen LogP contribution in [-0.4, -0.2) is 97.1 Å². The van der Waals surface area contributed by atoms with Crippen LogP contribution < -0.4 is 10.6 Å². The second-order valence-corrected chi connectivity index (χ2v) is 12.7. The fourth-order valence-corrected chi connectivity index (χ4v) is 5.95. The molecule has 14 heteroatoms. The maximum Gasteiger partial charge on any atom is 0.275 e. The lowest BCUT2D eigenvalue weighted by Crippen LogP contribution is -2.63. The molecule has 2 aromatic carbocycles. The van der Waals surface area contributed by atoms with Gasteiger partial charge in [-0.2, -0.15) is 0 Å². The second-order valence-electron chi connectivity index (χ2n) is 12.7. The molecule has 2 aromatic rings. The molecule has 0 bridgehead atoms. The number of ether oxygens (including phenoxy) is 1. The van der Waals surface area contributed by atoms with E-state index in [4.69, 9.17) is 4.74 Å². The number of carbonyl (C=O) groups excluding carboxylic acids is 2. The van der Waals surface area contributed by atoms with E-state index in [1.54, 1.807) is 27.7 Å². The Kier molecular flexibility index (Phi) is 10.8. The highest BCUT2D eigenvalue weighted by atomic mass is 19.1. The van der Waals surface area contributed by atoms with E-state index in [-0.39, 0.29) is 48.3 Å². The third kappa shape index (κ3) is 7.79. The SMILES string of the molecule is C=Cc1cccc(NC(O)(O)c2cc(C(O)(O)N3CC(C)(C)OC(C)(C)C3)ccc2F)c1C(O)(O)N(C)C(CCC=O)C(=O)NC. The van der Waals surface area contributed by atoms with Crippen LogP contribution in [0.15, 0.2) is 43.0 Å². The van der Waals surface area contributed by atoms with Gasteiger partial charge in [-0.15, -0.1) is 0 Å². The first-order chi connectivity index (χ1) is 21.1. The van der Waals surface area contributed by atoms with Gasteiger partial charge in [0.15, 0.2) is 0 Å². The van der Waals surface area contributed by atoms with Crippen molar-refractivity contribution in [3.05, 3.63) is 71.0 Å². The van der Waals surface area contributed by atoms with Crippen LogP contribution in [0.25, 0.3) is 6.08 Å². The van der Waals surface area contributed by atoms with Crippen molar-refractivity contribution in [3.8, 4) is 0 Å². The molecule has 0 spiro atoms. The first-order valence-electron chi connectivity index (χ1n) is 14.7. The van der Waals surface area contributed by atoms with E-state index in [9.17, 15) is 40.2 Å². The van der Waals surface area contributed by atoms with Gasteiger partial charge >= 0.3 is 0 Å². The van der Waals surface area contributed by atoms with Crippen LogP contribution in [0.1, 0.15) is 62.8 Å². The quantitative estimate of drug-likeness (QED) is 0.113. The highest BCUT2D eigenvalue weighted by Crippen LogP contribution is 2.39. The number of rotatable bonds is 13. The Morgan fingerprint density at radius 3 is 2.26 bits per heavy atom. The highest BCUT2D eigenvalue weighted by molar-refractivity contribution is 5.82. The van der Waals surface area contributed by atoms with Crippen molar-refractivity contribution in [2.75, 3.05) is 32.5 Å². The van der Waals surface area contributed by atoms with E-state index in [0.717, 1.165) is 23.1 Å². The predicted octanol–water partition coefficient (Wildman–Crippen LogP) is 0.780. The topological polar surface area (TPSA) is 195 Å². The van der Waals surface area contributed by atoms with Crippen molar-refractivity contribution >= 4 is 24.0 Å². The molecular formula is C32H45FN4O9. The maximum atomic E-state index is 15.3. The summed E-state index contributed by atoms with van der Waals surface area (Å²) in [7, 11) is 2.56. The number of aldehydes is 1. The molecule has 1 aliphatic rings. The largest absolute Gasteiger partial charge is 0.367 e. The van der Waals surface area contributed by atoms with E-state index in [2.05, 4.69) is 17.2 Å². The smallest absolute Gasteiger partial charge is 0.275 e. The Bertz CT molecular complexity index is 1430. The first-order valence-corrected chi connectivity index (χ1v) is 14.7. The van der Waals surface area contributed by atoms with Crippen LogP contribution in [0.2, 0.25) is 0 Å². The van der Waals surface area contributed by atoms with Crippen LogP contribution >= 0.6 is 0 Å². The molecule has 1 unspecified atom stereocenters. The Morgan fingerprint density at radius 1 is 1.11 bits per heavy atom. The molecule has 254 valence electrons.